The number of aliphatic hydroxyl groups excluding tert-OH is 1. The molecule has 1 N–H and O–H groups in total. The van der Waals surface area contributed by atoms with Crippen LogP contribution in [-0.2, 0) is 0 Å². The molecule has 0 bridgehead atoms. The van der Waals surface area contributed by atoms with E-state index >= 15 is 0 Å². The van der Waals surface area contributed by atoms with Crippen LogP contribution in [0.5, 0.6) is 0 Å². The van der Waals surface area contributed by atoms with Crippen LogP contribution in [0.25, 0.3) is 0 Å². The van der Waals surface area contributed by atoms with Gasteiger partial charge < -0.3 is 5.11 Å². The minimum atomic E-state index is 0.373. The Morgan fingerprint density at radius 3 is 1.00 bits per heavy atom. The van der Waals surface area contributed by atoms with Gasteiger partial charge in [-0.1, -0.05) is 162 Å². The summed E-state index contributed by atoms with van der Waals surface area (Å²) >= 11 is 0. The monoisotopic (exact) mass is 410 g/mol. The molecule has 0 heterocycles. The Bertz CT molecular complexity index is 275. The van der Waals surface area contributed by atoms with E-state index in [2.05, 4.69) is 13.8 Å². The molecule has 0 fully saturated rings. The molecule has 176 valence electrons. The average molecular weight is 411 g/mol. The van der Waals surface area contributed by atoms with E-state index in [-0.39, 0.29) is 0 Å². The molecule has 0 aromatic carbocycles. The van der Waals surface area contributed by atoms with Gasteiger partial charge in [-0.2, -0.15) is 0 Å². The van der Waals surface area contributed by atoms with E-state index in [4.69, 9.17) is 5.11 Å². The maximum Gasteiger partial charge on any atom is 0.0431 e. The third-order valence-electron chi connectivity index (χ3n) is 6.66. The summed E-state index contributed by atoms with van der Waals surface area (Å²) in [6.45, 7) is 5.15. The van der Waals surface area contributed by atoms with Gasteiger partial charge in [0, 0.05) is 6.61 Å². The fourth-order valence-electron chi connectivity index (χ4n) is 4.50. The highest BCUT2D eigenvalue weighted by Gasteiger charge is 2.02. The summed E-state index contributed by atoms with van der Waals surface area (Å²) in [4.78, 5) is 0. The van der Waals surface area contributed by atoms with Gasteiger partial charge in [-0.15, -0.1) is 0 Å². The fraction of sp³-hybridized carbons (Fsp3) is 1.00. The van der Waals surface area contributed by atoms with E-state index in [1.54, 1.807) is 0 Å². The Hall–Kier alpha value is -0.0400. The van der Waals surface area contributed by atoms with Crippen molar-refractivity contribution in [2.75, 3.05) is 6.61 Å². The molecule has 0 spiro atoms. The highest BCUT2D eigenvalue weighted by molar-refractivity contribution is 4.56. The summed E-state index contributed by atoms with van der Waals surface area (Å²) < 4.78 is 0. The number of rotatable bonds is 25. The second kappa shape index (κ2) is 26.0. The first kappa shape index (κ1) is 29.0. The molecule has 0 aromatic heterocycles. The smallest absolute Gasteiger partial charge is 0.0431 e. The van der Waals surface area contributed by atoms with Crippen LogP contribution in [0.3, 0.4) is 0 Å². The Morgan fingerprint density at radius 1 is 0.414 bits per heavy atom. The predicted octanol–water partition coefficient (Wildman–Crippen LogP) is 10.00. The van der Waals surface area contributed by atoms with Crippen LogP contribution in [0.2, 0.25) is 0 Å². The van der Waals surface area contributed by atoms with Gasteiger partial charge in [0.2, 0.25) is 0 Å². The largest absolute Gasteiger partial charge is 0.396 e. The van der Waals surface area contributed by atoms with Gasteiger partial charge in [-0.05, 0) is 12.3 Å². The molecule has 1 heteroatoms. The molecule has 0 aliphatic heterocycles. The Labute approximate surface area is 185 Å². The summed E-state index contributed by atoms with van der Waals surface area (Å²) in [5, 5.41) is 8.76. The highest BCUT2D eigenvalue weighted by Crippen LogP contribution is 2.19. The van der Waals surface area contributed by atoms with E-state index in [1.807, 2.05) is 0 Å². The van der Waals surface area contributed by atoms with Gasteiger partial charge >= 0.3 is 0 Å². The van der Waals surface area contributed by atoms with Crippen molar-refractivity contribution >= 4 is 0 Å². The lowest BCUT2D eigenvalue weighted by molar-refractivity contribution is 0.282. The van der Waals surface area contributed by atoms with E-state index < -0.39 is 0 Å². The first-order chi connectivity index (χ1) is 14.3. The normalized spacial score (nSPS) is 12.5. The van der Waals surface area contributed by atoms with Crippen molar-refractivity contribution < 1.29 is 5.11 Å². The highest BCUT2D eigenvalue weighted by atomic mass is 16.2. The van der Waals surface area contributed by atoms with Crippen LogP contribution >= 0.6 is 0 Å². The Kier molecular flexibility index (Phi) is 26.0. The zero-order chi connectivity index (χ0) is 21.3. The molecule has 29 heavy (non-hydrogen) atoms. The van der Waals surface area contributed by atoms with E-state index in [9.17, 15) is 0 Å². The zero-order valence-corrected chi connectivity index (χ0v) is 20.7. The molecular formula is C28H58O. The maximum atomic E-state index is 8.76. The average Bonchev–Trinajstić information content (AvgIpc) is 2.72. The molecule has 0 aliphatic rings. The van der Waals surface area contributed by atoms with Gasteiger partial charge in [-0.25, -0.2) is 0 Å². The van der Waals surface area contributed by atoms with Gasteiger partial charge in [0.25, 0.3) is 0 Å². The molecule has 0 amide bonds. The summed E-state index contributed by atoms with van der Waals surface area (Å²) in [7, 11) is 0. The molecule has 0 saturated carbocycles. The molecular weight excluding hydrogens is 352 g/mol. The van der Waals surface area contributed by atoms with Crippen LogP contribution in [0.4, 0.5) is 0 Å². The molecule has 0 radical (unpaired) electrons. The van der Waals surface area contributed by atoms with Crippen LogP contribution in [0.1, 0.15) is 168 Å². The van der Waals surface area contributed by atoms with Crippen molar-refractivity contribution in [3.63, 3.8) is 0 Å². The second-order valence-corrected chi connectivity index (χ2v) is 9.83. The van der Waals surface area contributed by atoms with Crippen molar-refractivity contribution in [1.29, 1.82) is 0 Å². The van der Waals surface area contributed by atoms with Crippen molar-refractivity contribution in [2.24, 2.45) is 5.92 Å². The van der Waals surface area contributed by atoms with Crippen LogP contribution in [-0.4, -0.2) is 11.7 Å². The van der Waals surface area contributed by atoms with Gasteiger partial charge in [0.05, 0.1) is 0 Å². The quantitative estimate of drug-likeness (QED) is 0.148. The predicted molar refractivity (Wildman–Crippen MR) is 133 cm³/mol. The molecule has 0 rings (SSSR count). The molecule has 0 aliphatic carbocycles. The zero-order valence-electron chi connectivity index (χ0n) is 20.7. The van der Waals surface area contributed by atoms with Crippen LogP contribution in [0.15, 0.2) is 0 Å². The summed E-state index contributed by atoms with van der Waals surface area (Å²) in [5.41, 5.74) is 0. The van der Waals surface area contributed by atoms with Crippen molar-refractivity contribution in [1.82, 2.24) is 0 Å². The summed E-state index contributed by atoms with van der Waals surface area (Å²) in [6, 6.07) is 0. The minimum absolute atomic E-state index is 0.373. The van der Waals surface area contributed by atoms with Gasteiger partial charge in [-0.3, -0.25) is 0 Å². The van der Waals surface area contributed by atoms with Gasteiger partial charge in [0.1, 0.15) is 0 Å². The lowest BCUT2D eigenvalue weighted by atomic mass is 9.95. The third kappa shape index (κ3) is 25.9. The van der Waals surface area contributed by atoms with E-state index in [1.165, 1.54) is 148 Å². The fourth-order valence-corrected chi connectivity index (χ4v) is 4.50. The summed E-state index contributed by atoms with van der Waals surface area (Å²) in [6.07, 6.45) is 34.0. The van der Waals surface area contributed by atoms with Crippen molar-refractivity contribution in [3.05, 3.63) is 0 Å². The molecule has 0 aromatic rings. The Morgan fingerprint density at radius 2 is 0.690 bits per heavy atom. The lowest BCUT2D eigenvalue weighted by Gasteiger charge is -2.11. The third-order valence-corrected chi connectivity index (χ3v) is 6.66. The number of aliphatic hydroxyl groups is 1. The van der Waals surface area contributed by atoms with E-state index in [0.29, 0.717) is 6.61 Å². The van der Waals surface area contributed by atoms with E-state index in [0.717, 1.165) is 12.3 Å². The first-order valence-corrected chi connectivity index (χ1v) is 13.9. The topological polar surface area (TPSA) is 20.2 Å². The van der Waals surface area contributed by atoms with Crippen LogP contribution < -0.4 is 0 Å². The lowest BCUT2D eigenvalue weighted by Crippen LogP contribution is -1.95. The second-order valence-electron chi connectivity index (χ2n) is 9.83. The van der Waals surface area contributed by atoms with Crippen molar-refractivity contribution in [3.8, 4) is 0 Å². The number of hydrogen-bond donors (Lipinski definition) is 1. The van der Waals surface area contributed by atoms with Gasteiger partial charge in [0.15, 0.2) is 0 Å². The van der Waals surface area contributed by atoms with Crippen molar-refractivity contribution in [2.45, 2.75) is 168 Å². The summed E-state index contributed by atoms with van der Waals surface area (Å²) in [5.74, 6) is 0.949. The molecule has 1 atom stereocenters. The molecule has 1 nitrogen and oxygen atoms in total. The molecule has 0 saturated heterocycles. The van der Waals surface area contributed by atoms with Crippen LogP contribution in [0, 0.1) is 5.92 Å². The minimum Gasteiger partial charge on any atom is -0.396 e. The Balaban J connectivity index is 3.12. The number of hydrogen-bond acceptors (Lipinski definition) is 1. The standard InChI is InChI=1S/C28H58O/c1-3-4-5-6-7-8-9-10-13-16-19-22-25-28(2)26-23-20-17-14-11-12-15-18-21-24-27-29/h28-29H,3-27H2,1-2H3/t28-/m1/s1. The molecule has 0 unspecified atom stereocenters. The first-order valence-electron chi connectivity index (χ1n) is 13.9. The number of unbranched alkanes of at least 4 members (excludes halogenated alkanes) is 20. The SMILES string of the molecule is CCCCCCCCCCCCCC[C@@H](C)CCCCCCCCCCCCO. The maximum absolute atomic E-state index is 8.76.